The largest absolute Gasteiger partial charge is 0.391 e. The second-order valence-electron chi connectivity index (χ2n) is 4.43. The van der Waals surface area contributed by atoms with Gasteiger partial charge in [0.05, 0.1) is 12.3 Å². The molecule has 0 aliphatic heterocycles. The highest BCUT2D eigenvalue weighted by atomic mass is 16.3. The molecule has 5 nitrogen and oxygen atoms in total. The van der Waals surface area contributed by atoms with Crippen LogP contribution in [0.4, 0.5) is 0 Å². The van der Waals surface area contributed by atoms with Crippen molar-refractivity contribution in [3.05, 3.63) is 24.0 Å². The lowest BCUT2D eigenvalue weighted by Crippen LogP contribution is -2.31. The first-order valence-corrected chi connectivity index (χ1v) is 5.78. The van der Waals surface area contributed by atoms with Gasteiger partial charge < -0.3 is 10.4 Å². The summed E-state index contributed by atoms with van der Waals surface area (Å²) in [7, 11) is 1.82. The number of hydrogen-bond donors (Lipinski definition) is 2. The Labute approximate surface area is 100 Å². The molecule has 1 saturated carbocycles. The van der Waals surface area contributed by atoms with Crippen molar-refractivity contribution in [2.75, 3.05) is 6.54 Å². The van der Waals surface area contributed by atoms with Crippen LogP contribution in [0.15, 0.2) is 18.5 Å². The van der Waals surface area contributed by atoms with Crippen LogP contribution in [0.1, 0.15) is 18.4 Å². The molecule has 0 aromatic carbocycles. The summed E-state index contributed by atoms with van der Waals surface area (Å²) in [6, 6.07) is 0. The third-order valence-corrected chi connectivity index (χ3v) is 2.80. The van der Waals surface area contributed by atoms with Gasteiger partial charge in [-0.05, 0) is 24.8 Å². The first kappa shape index (κ1) is 11.9. The van der Waals surface area contributed by atoms with E-state index in [4.69, 9.17) is 0 Å². The Kier molecular flexibility index (Phi) is 3.58. The molecule has 1 aromatic rings. The average molecular weight is 235 g/mol. The van der Waals surface area contributed by atoms with E-state index in [1.807, 2.05) is 13.2 Å². The normalized spacial score (nSPS) is 17.3. The molecule has 0 spiro atoms. The van der Waals surface area contributed by atoms with Gasteiger partial charge in [-0.3, -0.25) is 9.48 Å². The predicted octanol–water partition coefficient (Wildman–Crippen LogP) is 0.320. The minimum absolute atomic E-state index is 0.187. The van der Waals surface area contributed by atoms with Gasteiger partial charge in [0.15, 0.2) is 0 Å². The first-order chi connectivity index (χ1) is 8.15. The monoisotopic (exact) mass is 235 g/mol. The molecule has 1 unspecified atom stereocenters. The summed E-state index contributed by atoms with van der Waals surface area (Å²) in [5, 5.41) is 16.2. The number of carbonyl (C=O) groups is 1. The van der Waals surface area contributed by atoms with Gasteiger partial charge in [-0.1, -0.05) is 0 Å². The van der Waals surface area contributed by atoms with Crippen LogP contribution in [-0.2, 0) is 11.8 Å². The number of rotatable bonds is 5. The van der Waals surface area contributed by atoms with E-state index in [0.717, 1.165) is 18.4 Å². The van der Waals surface area contributed by atoms with Crippen LogP contribution in [0.2, 0.25) is 0 Å². The van der Waals surface area contributed by atoms with Gasteiger partial charge in [-0.25, -0.2) is 0 Å². The predicted molar refractivity (Wildman–Crippen MR) is 64.0 cm³/mol. The minimum atomic E-state index is -0.397. The molecule has 92 valence electrons. The third-order valence-electron chi connectivity index (χ3n) is 2.80. The van der Waals surface area contributed by atoms with E-state index >= 15 is 0 Å². The van der Waals surface area contributed by atoms with E-state index in [1.165, 1.54) is 6.08 Å². The van der Waals surface area contributed by atoms with Crippen LogP contribution in [-0.4, -0.2) is 33.4 Å². The average Bonchev–Trinajstić information content (AvgIpc) is 3.07. The zero-order valence-corrected chi connectivity index (χ0v) is 9.84. The summed E-state index contributed by atoms with van der Waals surface area (Å²) in [5.41, 5.74) is 0.880. The molecule has 1 aliphatic rings. The molecule has 17 heavy (non-hydrogen) atoms. The Bertz CT molecular complexity index is 421. The molecule has 1 aliphatic carbocycles. The molecule has 1 aromatic heterocycles. The van der Waals surface area contributed by atoms with Crippen molar-refractivity contribution in [3.63, 3.8) is 0 Å². The number of carbonyl (C=O) groups excluding carboxylic acids is 1. The Balaban J connectivity index is 1.74. The maximum absolute atomic E-state index is 11.4. The van der Waals surface area contributed by atoms with Crippen LogP contribution >= 0.6 is 0 Å². The number of aryl methyl sites for hydroxylation is 1. The molecule has 1 atom stereocenters. The molecule has 0 bridgehead atoms. The summed E-state index contributed by atoms with van der Waals surface area (Å²) >= 11 is 0. The molecular formula is C12H17N3O2. The van der Waals surface area contributed by atoms with Gasteiger partial charge in [0, 0.05) is 31.4 Å². The van der Waals surface area contributed by atoms with Gasteiger partial charge in [0.25, 0.3) is 0 Å². The van der Waals surface area contributed by atoms with Crippen molar-refractivity contribution in [1.29, 1.82) is 0 Å². The third kappa shape index (κ3) is 3.71. The van der Waals surface area contributed by atoms with Crippen LogP contribution in [0.25, 0.3) is 6.08 Å². The van der Waals surface area contributed by atoms with E-state index in [2.05, 4.69) is 10.4 Å². The standard InChI is InChI=1S/C12H17N3O2/c1-15-8-9(6-14-15)2-5-12(17)13-7-11(16)10-3-4-10/h2,5-6,8,10-11,16H,3-4,7H2,1H3,(H,13,17). The van der Waals surface area contributed by atoms with Crippen LogP contribution in [0, 0.1) is 5.92 Å². The lowest BCUT2D eigenvalue weighted by molar-refractivity contribution is -0.116. The summed E-state index contributed by atoms with van der Waals surface area (Å²) in [6.07, 6.45) is 8.41. The van der Waals surface area contributed by atoms with Crippen LogP contribution in [0.3, 0.4) is 0 Å². The molecule has 0 radical (unpaired) electrons. The van der Waals surface area contributed by atoms with Gasteiger partial charge in [-0.15, -0.1) is 0 Å². The van der Waals surface area contributed by atoms with Crippen molar-refractivity contribution in [3.8, 4) is 0 Å². The second kappa shape index (κ2) is 5.14. The highest BCUT2D eigenvalue weighted by Crippen LogP contribution is 2.32. The fraction of sp³-hybridized carbons (Fsp3) is 0.500. The van der Waals surface area contributed by atoms with Crippen molar-refractivity contribution < 1.29 is 9.90 Å². The Morgan fingerprint density at radius 1 is 1.76 bits per heavy atom. The van der Waals surface area contributed by atoms with Gasteiger partial charge in [0.2, 0.25) is 5.91 Å². The van der Waals surface area contributed by atoms with Crippen molar-refractivity contribution in [2.45, 2.75) is 18.9 Å². The molecule has 2 rings (SSSR count). The fourth-order valence-electron chi connectivity index (χ4n) is 1.61. The summed E-state index contributed by atoms with van der Waals surface area (Å²) in [5.74, 6) is 0.200. The minimum Gasteiger partial charge on any atom is -0.391 e. The molecular weight excluding hydrogens is 218 g/mol. The van der Waals surface area contributed by atoms with Gasteiger partial charge >= 0.3 is 0 Å². The maximum atomic E-state index is 11.4. The number of nitrogens with one attached hydrogen (secondary N) is 1. The molecule has 1 heterocycles. The number of aromatic nitrogens is 2. The quantitative estimate of drug-likeness (QED) is 0.722. The van der Waals surface area contributed by atoms with Crippen molar-refractivity contribution in [1.82, 2.24) is 15.1 Å². The zero-order chi connectivity index (χ0) is 12.3. The fourth-order valence-corrected chi connectivity index (χ4v) is 1.61. The summed E-state index contributed by atoms with van der Waals surface area (Å²) in [6.45, 7) is 0.334. The van der Waals surface area contributed by atoms with Crippen molar-refractivity contribution in [2.24, 2.45) is 13.0 Å². The van der Waals surface area contributed by atoms with Crippen molar-refractivity contribution >= 4 is 12.0 Å². The Morgan fingerprint density at radius 3 is 3.12 bits per heavy atom. The molecule has 0 saturated heterocycles. The Morgan fingerprint density at radius 2 is 2.53 bits per heavy atom. The highest BCUT2D eigenvalue weighted by molar-refractivity contribution is 5.91. The maximum Gasteiger partial charge on any atom is 0.244 e. The first-order valence-electron chi connectivity index (χ1n) is 5.78. The van der Waals surface area contributed by atoms with E-state index < -0.39 is 6.10 Å². The highest BCUT2D eigenvalue weighted by Gasteiger charge is 2.29. The molecule has 2 N–H and O–H groups in total. The van der Waals surface area contributed by atoms with E-state index in [0.29, 0.717) is 12.5 Å². The number of aliphatic hydroxyl groups is 1. The number of amides is 1. The van der Waals surface area contributed by atoms with E-state index in [-0.39, 0.29) is 5.91 Å². The van der Waals surface area contributed by atoms with Gasteiger partial charge in [-0.2, -0.15) is 5.10 Å². The lowest BCUT2D eigenvalue weighted by Gasteiger charge is -2.08. The van der Waals surface area contributed by atoms with Gasteiger partial charge in [0.1, 0.15) is 0 Å². The SMILES string of the molecule is Cn1cc(C=CC(=O)NCC(O)C2CC2)cn1. The molecule has 5 heteroatoms. The zero-order valence-electron chi connectivity index (χ0n) is 9.84. The van der Waals surface area contributed by atoms with E-state index in [9.17, 15) is 9.90 Å². The lowest BCUT2D eigenvalue weighted by atomic mass is 10.2. The topological polar surface area (TPSA) is 67.2 Å². The number of nitrogens with zero attached hydrogens (tertiary/aromatic N) is 2. The Hall–Kier alpha value is -1.62. The van der Waals surface area contributed by atoms with Crippen LogP contribution < -0.4 is 5.32 Å². The number of aliphatic hydroxyl groups excluding tert-OH is 1. The van der Waals surface area contributed by atoms with Crippen LogP contribution in [0.5, 0.6) is 0 Å². The molecule has 1 fully saturated rings. The molecule has 1 amide bonds. The second-order valence-corrected chi connectivity index (χ2v) is 4.43. The summed E-state index contributed by atoms with van der Waals surface area (Å²) < 4.78 is 1.68. The summed E-state index contributed by atoms with van der Waals surface area (Å²) in [4.78, 5) is 11.4. The smallest absolute Gasteiger partial charge is 0.244 e. The number of hydrogen-bond acceptors (Lipinski definition) is 3. The van der Waals surface area contributed by atoms with E-state index in [1.54, 1.807) is 17.0 Å².